The number of hydrogen-bond donors (Lipinski definition) is 2. The van der Waals surface area contributed by atoms with Gasteiger partial charge in [-0.2, -0.15) is 0 Å². The Hall–Kier alpha value is -3.42. The molecule has 0 unspecified atom stereocenters. The van der Waals surface area contributed by atoms with Crippen LogP contribution in [0.15, 0.2) is 48.5 Å². The fourth-order valence-electron chi connectivity index (χ4n) is 3.08. The number of nitro benzene ring substituents is 1. The van der Waals surface area contributed by atoms with Crippen LogP contribution in [0.3, 0.4) is 0 Å². The van der Waals surface area contributed by atoms with Crippen LogP contribution < -0.4 is 15.4 Å². The molecule has 1 aliphatic rings. The van der Waals surface area contributed by atoms with E-state index in [9.17, 15) is 19.7 Å². The van der Waals surface area contributed by atoms with Gasteiger partial charge in [0.2, 0.25) is 5.91 Å². The summed E-state index contributed by atoms with van der Waals surface area (Å²) in [7, 11) is 1.31. The van der Waals surface area contributed by atoms with Crippen molar-refractivity contribution >= 4 is 17.5 Å². The van der Waals surface area contributed by atoms with Crippen LogP contribution in [0.2, 0.25) is 0 Å². The number of carbonyl (C=O) groups excluding carboxylic acids is 2. The molecule has 0 saturated heterocycles. The van der Waals surface area contributed by atoms with Crippen LogP contribution >= 0.6 is 0 Å². The Balaban J connectivity index is 1.53. The predicted octanol–water partition coefficient (Wildman–Crippen LogP) is 2.18. The summed E-state index contributed by atoms with van der Waals surface area (Å²) in [4.78, 5) is 34.7. The number of hydrogen-bond acceptors (Lipinski definition) is 5. The molecule has 1 aliphatic carbocycles. The fourth-order valence-corrected chi connectivity index (χ4v) is 3.08. The lowest BCUT2D eigenvalue weighted by Gasteiger charge is -2.16. The van der Waals surface area contributed by atoms with Gasteiger partial charge in [0, 0.05) is 23.6 Å². The van der Waals surface area contributed by atoms with Gasteiger partial charge in [-0.3, -0.25) is 19.7 Å². The monoisotopic (exact) mass is 383 g/mol. The number of benzene rings is 2. The van der Waals surface area contributed by atoms with Crippen molar-refractivity contribution in [1.82, 2.24) is 10.6 Å². The fraction of sp³-hybridized carbons (Fsp3) is 0.300. The third-order valence-corrected chi connectivity index (χ3v) is 4.91. The average molecular weight is 383 g/mol. The highest BCUT2D eigenvalue weighted by Crippen LogP contribution is 2.47. The van der Waals surface area contributed by atoms with Crippen molar-refractivity contribution in [3.63, 3.8) is 0 Å². The van der Waals surface area contributed by atoms with E-state index in [-0.39, 0.29) is 34.9 Å². The van der Waals surface area contributed by atoms with Gasteiger partial charge in [0.05, 0.1) is 18.6 Å². The lowest BCUT2D eigenvalue weighted by molar-refractivity contribution is -0.385. The van der Waals surface area contributed by atoms with Gasteiger partial charge >= 0.3 is 5.69 Å². The second-order valence-electron chi connectivity index (χ2n) is 6.75. The minimum absolute atomic E-state index is 0.0163. The SMILES string of the molecule is COc1ccc(C(=O)NCC(=O)NCC2(c3ccccc3)CC2)cc1[N+](=O)[O-]. The van der Waals surface area contributed by atoms with Crippen LogP contribution in [0.25, 0.3) is 0 Å². The molecule has 8 heteroatoms. The summed E-state index contributed by atoms with van der Waals surface area (Å²) in [6.45, 7) is 0.309. The second kappa shape index (κ2) is 8.08. The van der Waals surface area contributed by atoms with Gasteiger partial charge in [-0.1, -0.05) is 30.3 Å². The van der Waals surface area contributed by atoms with E-state index >= 15 is 0 Å². The molecule has 0 radical (unpaired) electrons. The van der Waals surface area contributed by atoms with Crippen molar-refractivity contribution < 1.29 is 19.2 Å². The Morgan fingerprint density at radius 1 is 1.14 bits per heavy atom. The Kier molecular flexibility index (Phi) is 5.58. The van der Waals surface area contributed by atoms with Crippen molar-refractivity contribution in [2.24, 2.45) is 0 Å². The molecule has 0 bridgehead atoms. The van der Waals surface area contributed by atoms with Gasteiger partial charge in [0.25, 0.3) is 5.91 Å². The number of rotatable bonds is 8. The number of amides is 2. The normalized spacial score (nSPS) is 14.0. The molecular weight excluding hydrogens is 362 g/mol. The Bertz CT molecular complexity index is 894. The average Bonchev–Trinajstić information content (AvgIpc) is 3.51. The molecule has 0 aromatic heterocycles. The van der Waals surface area contributed by atoms with Crippen LogP contribution in [0.4, 0.5) is 5.69 Å². The molecule has 2 N–H and O–H groups in total. The predicted molar refractivity (Wildman–Crippen MR) is 102 cm³/mol. The largest absolute Gasteiger partial charge is 0.490 e. The van der Waals surface area contributed by atoms with Gasteiger partial charge in [-0.25, -0.2) is 0 Å². The lowest BCUT2D eigenvalue weighted by Crippen LogP contribution is -2.40. The highest BCUT2D eigenvalue weighted by Gasteiger charge is 2.44. The molecule has 1 saturated carbocycles. The van der Waals surface area contributed by atoms with Gasteiger partial charge in [-0.05, 0) is 30.5 Å². The molecule has 2 aromatic rings. The van der Waals surface area contributed by atoms with Gasteiger partial charge < -0.3 is 15.4 Å². The first kappa shape index (κ1) is 19.3. The minimum Gasteiger partial charge on any atom is -0.490 e. The molecule has 0 heterocycles. The second-order valence-corrected chi connectivity index (χ2v) is 6.75. The van der Waals surface area contributed by atoms with E-state index in [0.29, 0.717) is 6.54 Å². The summed E-state index contributed by atoms with van der Waals surface area (Å²) < 4.78 is 4.91. The highest BCUT2D eigenvalue weighted by atomic mass is 16.6. The minimum atomic E-state index is -0.624. The maximum absolute atomic E-state index is 12.2. The summed E-state index contributed by atoms with van der Waals surface area (Å²) >= 11 is 0. The van der Waals surface area contributed by atoms with E-state index < -0.39 is 10.8 Å². The molecule has 2 aromatic carbocycles. The number of nitro groups is 1. The molecular formula is C20H21N3O5. The van der Waals surface area contributed by atoms with Gasteiger partial charge in [0.15, 0.2) is 5.75 Å². The molecule has 0 spiro atoms. The van der Waals surface area contributed by atoms with E-state index in [1.165, 1.54) is 24.8 Å². The van der Waals surface area contributed by atoms with Gasteiger partial charge in [-0.15, -0.1) is 0 Å². The number of methoxy groups -OCH3 is 1. The molecule has 0 aliphatic heterocycles. The molecule has 8 nitrogen and oxygen atoms in total. The Morgan fingerprint density at radius 2 is 1.86 bits per heavy atom. The van der Waals surface area contributed by atoms with Gasteiger partial charge in [0.1, 0.15) is 0 Å². The summed E-state index contributed by atoms with van der Waals surface area (Å²) in [5.74, 6) is -0.807. The maximum atomic E-state index is 12.2. The molecule has 146 valence electrons. The van der Waals surface area contributed by atoms with E-state index in [0.717, 1.165) is 18.9 Å². The lowest BCUT2D eigenvalue weighted by atomic mass is 9.96. The summed E-state index contributed by atoms with van der Waals surface area (Å²) in [6.07, 6.45) is 2.03. The van der Waals surface area contributed by atoms with Crippen molar-refractivity contribution in [1.29, 1.82) is 0 Å². The zero-order chi connectivity index (χ0) is 20.1. The third-order valence-electron chi connectivity index (χ3n) is 4.91. The molecule has 2 amide bonds. The number of nitrogens with one attached hydrogen (secondary N) is 2. The van der Waals surface area contributed by atoms with Crippen LogP contribution in [-0.4, -0.2) is 36.9 Å². The molecule has 1 fully saturated rings. The standard InChI is InChI=1S/C20H21N3O5/c1-28-17-8-7-14(11-16(17)23(26)27)19(25)21-12-18(24)22-13-20(9-10-20)15-5-3-2-4-6-15/h2-8,11H,9-10,12-13H2,1H3,(H,21,25)(H,22,24). The third kappa shape index (κ3) is 4.28. The molecule has 28 heavy (non-hydrogen) atoms. The number of carbonyl (C=O) groups is 2. The first-order chi connectivity index (χ1) is 13.4. The zero-order valence-corrected chi connectivity index (χ0v) is 15.4. The van der Waals surface area contributed by atoms with Crippen LogP contribution in [-0.2, 0) is 10.2 Å². The van der Waals surface area contributed by atoms with Crippen molar-refractivity contribution in [3.05, 3.63) is 69.8 Å². The quantitative estimate of drug-likeness (QED) is 0.536. The van der Waals surface area contributed by atoms with Crippen LogP contribution in [0.1, 0.15) is 28.8 Å². The van der Waals surface area contributed by atoms with Crippen molar-refractivity contribution in [3.8, 4) is 5.75 Å². The van der Waals surface area contributed by atoms with Crippen molar-refractivity contribution in [2.45, 2.75) is 18.3 Å². The summed E-state index contributed by atoms with van der Waals surface area (Å²) in [5.41, 5.74) is 0.962. The van der Waals surface area contributed by atoms with Crippen molar-refractivity contribution in [2.75, 3.05) is 20.2 Å². The first-order valence-corrected chi connectivity index (χ1v) is 8.88. The number of ether oxygens (including phenoxy) is 1. The Morgan fingerprint density at radius 3 is 2.46 bits per heavy atom. The first-order valence-electron chi connectivity index (χ1n) is 8.88. The Labute approximate surface area is 162 Å². The highest BCUT2D eigenvalue weighted by molar-refractivity contribution is 5.97. The zero-order valence-electron chi connectivity index (χ0n) is 15.4. The summed E-state index contributed by atoms with van der Waals surface area (Å²) in [6, 6.07) is 13.9. The maximum Gasteiger partial charge on any atom is 0.311 e. The van der Waals surface area contributed by atoms with E-state index in [1.54, 1.807) is 0 Å². The topological polar surface area (TPSA) is 111 Å². The number of nitrogens with zero attached hydrogens (tertiary/aromatic N) is 1. The summed E-state index contributed by atoms with van der Waals surface area (Å²) in [5, 5.41) is 16.4. The molecule has 3 rings (SSSR count). The van der Waals surface area contributed by atoms with E-state index in [4.69, 9.17) is 4.74 Å². The van der Waals surface area contributed by atoms with Crippen LogP contribution in [0.5, 0.6) is 5.75 Å². The van der Waals surface area contributed by atoms with E-state index in [1.807, 2.05) is 18.2 Å². The molecule has 0 atom stereocenters. The van der Waals surface area contributed by atoms with Crippen LogP contribution in [0, 0.1) is 10.1 Å². The van der Waals surface area contributed by atoms with E-state index in [2.05, 4.69) is 22.8 Å². The smallest absolute Gasteiger partial charge is 0.311 e.